The Morgan fingerprint density at radius 2 is 1.91 bits per heavy atom. The van der Waals surface area contributed by atoms with Gasteiger partial charge in [-0.1, -0.05) is 68.5 Å². The second-order valence-electron chi connectivity index (χ2n) is 12.0. The summed E-state index contributed by atoms with van der Waals surface area (Å²) in [7, 11) is 0. The first kappa shape index (κ1) is 21.4. The fourth-order valence-electron chi connectivity index (χ4n) is 8.76. The lowest BCUT2D eigenvalue weighted by Crippen LogP contribution is -2.54. The van der Waals surface area contributed by atoms with Crippen molar-refractivity contribution in [1.29, 1.82) is 0 Å². The van der Waals surface area contributed by atoms with E-state index in [1.807, 2.05) is 0 Å². The third-order valence-corrected chi connectivity index (χ3v) is 10.4. The second kappa shape index (κ2) is 7.55. The molecule has 6 atom stereocenters. The van der Waals surface area contributed by atoms with E-state index in [4.69, 9.17) is 9.47 Å². The van der Waals surface area contributed by atoms with E-state index in [2.05, 4.69) is 68.5 Å². The summed E-state index contributed by atoms with van der Waals surface area (Å²) in [6, 6.07) is 16.0. The van der Waals surface area contributed by atoms with Crippen molar-refractivity contribution >= 4 is 10.8 Å². The molecule has 3 fully saturated rings. The van der Waals surface area contributed by atoms with Crippen LogP contribution in [0.5, 0.6) is 0 Å². The van der Waals surface area contributed by atoms with E-state index in [0.29, 0.717) is 17.9 Å². The fourth-order valence-corrected chi connectivity index (χ4v) is 8.76. The van der Waals surface area contributed by atoms with Gasteiger partial charge in [0.2, 0.25) is 0 Å². The number of ether oxygens (including phenoxy) is 2. The average molecular weight is 455 g/mol. The van der Waals surface area contributed by atoms with Crippen molar-refractivity contribution in [1.82, 2.24) is 0 Å². The number of hydrogen-bond donors (Lipinski definition) is 0. The zero-order valence-corrected chi connectivity index (χ0v) is 20.8. The van der Waals surface area contributed by atoms with Gasteiger partial charge in [-0.25, -0.2) is 0 Å². The molecule has 7 rings (SSSR count). The number of allylic oxidation sites excluding steroid dienone is 1. The Bertz CT molecular complexity index is 1190. The van der Waals surface area contributed by atoms with E-state index in [-0.39, 0.29) is 16.6 Å². The van der Waals surface area contributed by atoms with Gasteiger partial charge in [0.1, 0.15) is 0 Å². The maximum Gasteiger partial charge on any atom is 0.0974 e. The molecule has 3 aliphatic carbocycles. The molecule has 0 N–H and O–H groups in total. The molecule has 178 valence electrons. The van der Waals surface area contributed by atoms with E-state index >= 15 is 0 Å². The van der Waals surface area contributed by atoms with E-state index in [1.54, 1.807) is 5.57 Å². The summed E-state index contributed by atoms with van der Waals surface area (Å²) in [6.45, 7) is 5.67. The summed E-state index contributed by atoms with van der Waals surface area (Å²) >= 11 is 0. The van der Waals surface area contributed by atoms with Crippen LogP contribution in [0.25, 0.3) is 10.8 Å². The Morgan fingerprint density at radius 1 is 1.03 bits per heavy atom. The van der Waals surface area contributed by atoms with Crippen molar-refractivity contribution in [3.05, 3.63) is 71.3 Å². The normalized spacial score (nSPS) is 40.4. The van der Waals surface area contributed by atoms with Crippen LogP contribution in [-0.4, -0.2) is 23.9 Å². The van der Waals surface area contributed by atoms with Gasteiger partial charge < -0.3 is 9.47 Å². The molecule has 2 aliphatic heterocycles. The van der Waals surface area contributed by atoms with E-state index in [1.165, 1.54) is 54.0 Å². The van der Waals surface area contributed by atoms with Gasteiger partial charge in [0.25, 0.3) is 0 Å². The molecule has 5 aliphatic rings. The SMILES string of the molecule is CCCO[C@@H]1CCC2=CC3=CC[C@]4(C)[C@@H](c5ccc6ccccc6c5)CC[C@H]4[C@@]34CC[C@]2(C1)O4. The zero-order valence-electron chi connectivity index (χ0n) is 20.8. The summed E-state index contributed by atoms with van der Waals surface area (Å²) in [5.41, 5.74) is 4.74. The fraction of sp³-hybridized carbons (Fsp3) is 0.562. The van der Waals surface area contributed by atoms with Crippen LogP contribution in [0.3, 0.4) is 0 Å². The van der Waals surface area contributed by atoms with Crippen LogP contribution in [0.1, 0.15) is 83.1 Å². The van der Waals surface area contributed by atoms with Crippen LogP contribution >= 0.6 is 0 Å². The van der Waals surface area contributed by atoms with Gasteiger partial charge in [-0.15, -0.1) is 0 Å². The molecule has 2 saturated carbocycles. The number of rotatable bonds is 4. The lowest BCUT2D eigenvalue weighted by molar-refractivity contribution is -0.149. The van der Waals surface area contributed by atoms with Crippen LogP contribution < -0.4 is 0 Å². The summed E-state index contributed by atoms with van der Waals surface area (Å²) in [5, 5.41) is 2.72. The molecule has 0 unspecified atom stereocenters. The van der Waals surface area contributed by atoms with Gasteiger partial charge in [0.15, 0.2) is 0 Å². The third-order valence-electron chi connectivity index (χ3n) is 10.4. The molecule has 0 amide bonds. The molecular weight excluding hydrogens is 416 g/mol. The molecule has 0 aromatic heterocycles. The molecular formula is C32H38O2. The van der Waals surface area contributed by atoms with E-state index in [0.717, 1.165) is 32.3 Å². The molecule has 2 aromatic carbocycles. The predicted octanol–water partition coefficient (Wildman–Crippen LogP) is 7.88. The van der Waals surface area contributed by atoms with Crippen molar-refractivity contribution in [2.24, 2.45) is 11.3 Å². The maximum absolute atomic E-state index is 7.41. The van der Waals surface area contributed by atoms with Gasteiger partial charge in [0, 0.05) is 13.0 Å². The van der Waals surface area contributed by atoms with E-state index in [9.17, 15) is 0 Å². The summed E-state index contributed by atoms with van der Waals surface area (Å²) in [4.78, 5) is 0. The topological polar surface area (TPSA) is 18.5 Å². The maximum atomic E-state index is 7.41. The molecule has 0 radical (unpaired) electrons. The summed E-state index contributed by atoms with van der Waals surface area (Å²) in [6.07, 6.45) is 16.1. The minimum absolute atomic E-state index is 0.0622. The molecule has 2 aromatic rings. The zero-order chi connectivity index (χ0) is 23.0. The first-order valence-electron chi connectivity index (χ1n) is 13.8. The van der Waals surface area contributed by atoms with Crippen LogP contribution in [0.15, 0.2) is 65.8 Å². The molecule has 34 heavy (non-hydrogen) atoms. The van der Waals surface area contributed by atoms with Crippen LogP contribution in [-0.2, 0) is 9.47 Å². The molecule has 2 spiro atoms. The van der Waals surface area contributed by atoms with Crippen molar-refractivity contribution in [3.8, 4) is 0 Å². The van der Waals surface area contributed by atoms with Crippen molar-refractivity contribution in [2.75, 3.05) is 6.61 Å². The molecule has 2 heteroatoms. The second-order valence-corrected chi connectivity index (χ2v) is 12.0. The Hall–Kier alpha value is -1.90. The highest BCUT2D eigenvalue weighted by molar-refractivity contribution is 5.83. The Labute approximate surface area is 204 Å². The molecule has 2 bridgehead atoms. The number of hydrogen-bond acceptors (Lipinski definition) is 2. The lowest BCUT2D eigenvalue weighted by atomic mass is 9.58. The summed E-state index contributed by atoms with van der Waals surface area (Å²) in [5.74, 6) is 1.21. The van der Waals surface area contributed by atoms with Gasteiger partial charge in [-0.2, -0.15) is 0 Å². The quantitative estimate of drug-likeness (QED) is 0.468. The largest absolute Gasteiger partial charge is 0.378 e. The monoisotopic (exact) mass is 454 g/mol. The summed E-state index contributed by atoms with van der Waals surface area (Å²) < 4.78 is 13.7. The third kappa shape index (κ3) is 2.88. The first-order valence-corrected chi connectivity index (χ1v) is 13.8. The lowest BCUT2D eigenvalue weighted by Gasteiger charge is -2.54. The van der Waals surface area contributed by atoms with E-state index < -0.39 is 0 Å². The highest BCUT2D eigenvalue weighted by atomic mass is 16.5. The van der Waals surface area contributed by atoms with Crippen LogP contribution in [0, 0.1) is 11.3 Å². The Balaban J connectivity index is 1.24. The highest BCUT2D eigenvalue weighted by Crippen LogP contribution is 2.69. The average Bonchev–Trinajstić information content (AvgIpc) is 3.37. The smallest absolute Gasteiger partial charge is 0.0974 e. The van der Waals surface area contributed by atoms with Crippen LogP contribution in [0.4, 0.5) is 0 Å². The predicted molar refractivity (Wildman–Crippen MR) is 138 cm³/mol. The number of fused-ring (bicyclic) bond motifs is 2. The molecule has 1 saturated heterocycles. The van der Waals surface area contributed by atoms with Gasteiger partial charge in [-0.05, 0) is 96.1 Å². The minimum atomic E-state index is -0.0747. The van der Waals surface area contributed by atoms with Crippen molar-refractivity contribution < 1.29 is 9.47 Å². The van der Waals surface area contributed by atoms with Gasteiger partial charge in [0.05, 0.1) is 17.3 Å². The highest BCUT2D eigenvalue weighted by Gasteiger charge is 2.66. The first-order chi connectivity index (χ1) is 16.6. The number of benzene rings is 2. The van der Waals surface area contributed by atoms with Crippen molar-refractivity contribution in [2.45, 2.75) is 94.9 Å². The molecule has 2 nitrogen and oxygen atoms in total. The van der Waals surface area contributed by atoms with Crippen molar-refractivity contribution in [3.63, 3.8) is 0 Å². The standard InChI is InChI=1S/C32H38O2/c1-3-18-33-27-11-10-25-20-26-14-15-30(2)28(24-9-8-22-6-4-5-7-23(22)19-24)12-13-29(30)32(26)17-16-31(25,21-27)34-32/h4-9,14,19-20,27-29H,3,10-13,15-18,21H2,1-2H3/t27-,28-,29-,30-,31-,32-/m1/s1. The Morgan fingerprint density at radius 3 is 2.79 bits per heavy atom. The van der Waals surface area contributed by atoms with Crippen LogP contribution in [0.2, 0.25) is 0 Å². The molecule has 2 heterocycles. The van der Waals surface area contributed by atoms with Gasteiger partial charge in [-0.3, -0.25) is 0 Å². The minimum Gasteiger partial charge on any atom is -0.378 e. The van der Waals surface area contributed by atoms with Gasteiger partial charge >= 0.3 is 0 Å². The Kier molecular flexibility index (Phi) is 4.75.